The zero-order valence-electron chi connectivity index (χ0n) is 11.2. The van der Waals surface area contributed by atoms with Crippen LogP contribution in [0.4, 0.5) is 13.2 Å². The van der Waals surface area contributed by atoms with Gasteiger partial charge >= 0.3 is 6.18 Å². The highest BCUT2D eigenvalue weighted by molar-refractivity contribution is 5.84. The lowest BCUT2D eigenvalue weighted by atomic mass is 10.1. The highest BCUT2D eigenvalue weighted by Crippen LogP contribution is 2.23. The third-order valence-corrected chi connectivity index (χ3v) is 3.13. The molecule has 1 aromatic carbocycles. The molecule has 0 saturated carbocycles. The van der Waals surface area contributed by atoms with Crippen molar-refractivity contribution in [2.45, 2.75) is 19.0 Å². The largest absolute Gasteiger partial charge is 0.497 e. The summed E-state index contributed by atoms with van der Waals surface area (Å²) >= 11 is 0. The van der Waals surface area contributed by atoms with Gasteiger partial charge in [0.1, 0.15) is 5.75 Å². The monoisotopic (exact) mass is 286 g/mol. The van der Waals surface area contributed by atoms with E-state index in [-0.39, 0.29) is 6.54 Å². The van der Waals surface area contributed by atoms with Crippen LogP contribution in [0.5, 0.6) is 5.75 Å². The number of aromatic nitrogens is 1. The van der Waals surface area contributed by atoms with Crippen LogP contribution < -0.4 is 10.1 Å². The number of alkyl halides is 3. The van der Waals surface area contributed by atoms with Crippen molar-refractivity contribution in [1.82, 2.24) is 10.3 Å². The second-order valence-electron chi connectivity index (χ2n) is 4.59. The molecule has 1 heterocycles. The molecule has 1 aromatic heterocycles. The highest BCUT2D eigenvalue weighted by atomic mass is 19.4. The third-order valence-electron chi connectivity index (χ3n) is 3.13. The number of H-pyrrole nitrogens is 1. The first-order valence-electron chi connectivity index (χ1n) is 6.41. The number of hydrogen-bond donors (Lipinski definition) is 2. The number of methoxy groups -OCH3 is 1. The number of nitrogens with one attached hydrogen (secondary N) is 2. The van der Waals surface area contributed by atoms with Gasteiger partial charge < -0.3 is 15.0 Å². The summed E-state index contributed by atoms with van der Waals surface area (Å²) in [6.45, 7) is 0.468. The van der Waals surface area contributed by atoms with Crippen LogP contribution in [-0.2, 0) is 6.42 Å². The van der Waals surface area contributed by atoms with Crippen molar-refractivity contribution < 1.29 is 17.9 Å². The van der Waals surface area contributed by atoms with Crippen LogP contribution in [-0.4, -0.2) is 31.4 Å². The van der Waals surface area contributed by atoms with Gasteiger partial charge in [-0.15, -0.1) is 0 Å². The fourth-order valence-corrected chi connectivity index (χ4v) is 2.07. The highest BCUT2D eigenvalue weighted by Gasteiger charge is 2.25. The molecular weight excluding hydrogens is 269 g/mol. The van der Waals surface area contributed by atoms with Gasteiger partial charge in [-0.05, 0) is 36.7 Å². The van der Waals surface area contributed by atoms with Crippen LogP contribution in [0.15, 0.2) is 24.4 Å². The Balaban J connectivity index is 1.90. The van der Waals surface area contributed by atoms with Crippen LogP contribution in [0.25, 0.3) is 10.9 Å². The van der Waals surface area contributed by atoms with E-state index in [2.05, 4.69) is 10.3 Å². The average Bonchev–Trinajstić information content (AvgIpc) is 2.79. The first-order chi connectivity index (χ1) is 9.49. The summed E-state index contributed by atoms with van der Waals surface area (Å²) in [5.41, 5.74) is 2.06. The number of fused-ring (bicyclic) bond motifs is 1. The lowest BCUT2D eigenvalue weighted by molar-refractivity contribution is -0.133. The van der Waals surface area contributed by atoms with E-state index in [1.54, 1.807) is 7.11 Å². The van der Waals surface area contributed by atoms with Crippen molar-refractivity contribution in [3.63, 3.8) is 0 Å². The molecule has 0 amide bonds. The van der Waals surface area contributed by atoms with Crippen molar-refractivity contribution in [2.24, 2.45) is 0 Å². The van der Waals surface area contributed by atoms with E-state index in [1.165, 1.54) is 0 Å². The summed E-state index contributed by atoms with van der Waals surface area (Å²) < 4.78 is 41.1. The molecule has 0 unspecified atom stereocenters. The summed E-state index contributed by atoms with van der Waals surface area (Å²) in [6, 6.07) is 5.72. The van der Waals surface area contributed by atoms with Crippen molar-refractivity contribution in [3.05, 3.63) is 30.0 Å². The third kappa shape index (κ3) is 3.90. The summed E-state index contributed by atoms with van der Waals surface area (Å²) in [7, 11) is 1.60. The molecule has 2 N–H and O–H groups in total. The summed E-state index contributed by atoms with van der Waals surface area (Å²) in [5.74, 6) is 0.767. The molecule has 0 radical (unpaired) electrons. The zero-order chi connectivity index (χ0) is 14.6. The molecule has 6 heteroatoms. The van der Waals surface area contributed by atoms with Crippen LogP contribution in [0.2, 0.25) is 0 Å². The lowest BCUT2D eigenvalue weighted by Gasteiger charge is -2.07. The Morgan fingerprint density at radius 1 is 1.25 bits per heavy atom. The first-order valence-corrected chi connectivity index (χ1v) is 6.41. The number of ether oxygens (including phenoxy) is 1. The van der Waals surface area contributed by atoms with Crippen molar-refractivity contribution >= 4 is 10.9 Å². The van der Waals surface area contributed by atoms with Crippen molar-refractivity contribution in [3.8, 4) is 5.75 Å². The summed E-state index contributed by atoms with van der Waals surface area (Å²) in [4.78, 5) is 3.14. The molecule has 0 aliphatic rings. The van der Waals surface area contributed by atoms with E-state index < -0.39 is 12.6 Å². The van der Waals surface area contributed by atoms with Crippen molar-refractivity contribution in [2.75, 3.05) is 20.2 Å². The number of aromatic amines is 1. The van der Waals surface area contributed by atoms with E-state index in [9.17, 15) is 13.2 Å². The Kier molecular flexibility index (Phi) is 4.54. The van der Waals surface area contributed by atoms with Crippen LogP contribution in [0, 0.1) is 0 Å². The topological polar surface area (TPSA) is 37.0 Å². The van der Waals surface area contributed by atoms with Crippen LogP contribution in [0.1, 0.15) is 12.0 Å². The molecule has 0 fully saturated rings. The second kappa shape index (κ2) is 6.17. The lowest BCUT2D eigenvalue weighted by Crippen LogP contribution is -2.23. The molecule has 110 valence electrons. The fraction of sp³-hybridized carbons (Fsp3) is 0.429. The predicted molar refractivity (Wildman–Crippen MR) is 72.1 cm³/mol. The molecule has 2 aromatic rings. The maximum atomic E-state index is 12.0. The standard InChI is InChI=1S/C14H17F3N2O/c1-20-11-2-3-13-12(8-11)10(9-19-13)4-6-18-7-5-14(15,16)17/h2-3,8-9,18-19H,4-7H2,1H3. The summed E-state index contributed by atoms with van der Waals surface area (Å²) in [5, 5.41) is 3.85. The van der Waals surface area contributed by atoms with Gasteiger partial charge in [-0.2, -0.15) is 13.2 Å². The fourth-order valence-electron chi connectivity index (χ4n) is 2.07. The molecule has 0 spiro atoms. The first kappa shape index (κ1) is 14.7. The summed E-state index contributed by atoms with van der Waals surface area (Å²) in [6.07, 6.45) is -2.34. The molecule has 2 rings (SSSR count). The van der Waals surface area contributed by atoms with Crippen molar-refractivity contribution in [1.29, 1.82) is 0 Å². The zero-order valence-corrected chi connectivity index (χ0v) is 11.2. The predicted octanol–water partition coefficient (Wildman–Crippen LogP) is 3.26. The molecular formula is C14H17F3N2O. The van der Waals surface area contributed by atoms with Gasteiger partial charge in [0, 0.05) is 23.6 Å². The van der Waals surface area contributed by atoms with E-state index in [0.717, 1.165) is 22.2 Å². The van der Waals surface area contributed by atoms with Gasteiger partial charge in [0.05, 0.1) is 13.5 Å². The molecule has 0 saturated heterocycles. The number of hydrogen-bond acceptors (Lipinski definition) is 2. The van der Waals surface area contributed by atoms with Gasteiger partial charge in [0.25, 0.3) is 0 Å². The average molecular weight is 286 g/mol. The maximum Gasteiger partial charge on any atom is 0.390 e. The van der Waals surface area contributed by atoms with Gasteiger partial charge in [0.2, 0.25) is 0 Å². The molecule has 0 bridgehead atoms. The van der Waals surface area contributed by atoms with Gasteiger partial charge in [-0.1, -0.05) is 0 Å². The van der Waals surface area contributed by atoms with Gasteiger partial charge in [-0.3, -0.25) is 0 Å². The van der Waals surface area contributed by atoms with E-state index >= 15 is 0 Å². The minimum Gasteiger partial charge on any atom is -0.497 e. The van der Waals surface area contributed by atoms with E-state index in [1.807, 2.05) is 24.4 Å². The van der Waals surface area contributed by atoms with Gasteiger partial charge in [-0.25, -0.2) is 0 Å². The van der Waals surface area contributed by atoms with E-state index in [0.29, 0.717) is 13.0 Å². The number of benzene rings is 1. The Hall–Kier alpha value is -1.69. The smallest absolute Gasteiger partial charge is 0.390 e. The molecule has 0 atom stereocenters. The van der Waals surface area contributed by atoms with E-state index in [4.69, 9.17) is 4.74 Å². The molecule has 3 nitrogen and oxygen atoms in total. The molecule has 0 aliphatic carbocycles. The Bertz CT molecular complexity index is 563. The van der Waals surface area contributed by atoms with Crippen LogP contribution >= 0.6 is 0 Å². The quantitative estimate of drug-likeness (QED) is 0.800. The van der Waals surface area contributed by atoms with Gasteiger partial charge in [0.15, 0.2) is 0 Å². The Labute approximate surface area is 115 Å². The Morgan fingerprint density at radius 3 is 2.75 bits per heavy atom. The maximum absolute atomic E-state index is 12.0. The second-order valence-corrected chi connectivity index (χ2v) is 4.59. The molecule has 0 aliphatic heterocycles. The van der Waals surface area contributed by atoms with Crippen LogP contribution in [0.3, 0.4) is 0 Å². The number of halogens is 3. The number of rotatable bonds is 6. The normalized spacial score (nSPS) is 12.0. The minimum absolute atomic E-state index is 0.0465. The Morgan fingerprint density at radius 2 is 2.05 bits per heavy atom. The molecule has 20 heavy (non-hydrogen) atoms. The SMILES string of the molecule is COc1ccc2[nH]cc(CCNCCC(F)(F)F)c2c1. The minimum atomic E-state index is -4.10.